The largest absolute Gasteiger partial charge is 0.416 e. The molecule has 0 unspecified atom stereocenters. The third-order valence-corrected chi connectivity index (χ3v) is 3.60. The van der Waals surface area contributed by atoms with Crippen molar-refractivity contribution in [1.82, 2.24) is 19.9 Å². The van der Waals surface area contributed by atoms with Crippen molar-refractivity contribution in [1.29, 1.82) is 0 Å². The molecular formula is C16H13F3N4O2. The van der Waals surface area contributed by atoms with Crippen LogP contribution >= 0.6 is 0 Å². The summed E-state index contributed by atoms with van der Waals surface area (Å²) >= 11 is 0. The highest BCUT2D eigenvalue weighted by atomic mass is 19.4. The Bertz CT molecular complexity index is 987. The minimum absolute atomic E-state index is 0.174. The fourth-order valence-electron chi connectivity index (χ4n) is 2.40. The first-order valence-electron chi connectivity index (χ1n) is 7.38. The van der Waals surface area contributed by atoms with E-state index in [4.69, 9.17) is 0 Å². The first kappa shape index (κ1) is 16.7. The number of aromatic amines is 1. The lowest BCUT2D eigenvalue weighted by Gasteiger charge is -2.08. The molecule has 1 amide bonds. The van der Waals surface area contributed by atoms with Gasteiger partial charge >= 0.3 is 6.18 Å². The Kier molecular flexibility index (Phi) is 4.07. The monoisotopic (exact) mass is 350 g/mol. The molecule has 0 spiro atoms. The van der Waals surface area contributed by atoms with Crippen LogP contribution in [0.4, 0.5) is 13.2 Å². The maximum Gasteiger partial charge on any atom is 0.416 e. The van der Waals surface area contributed by atoms with Gasteiger partial charge in [-0.25, -0.2) is 0 Å². The molecule has 3 aromatic rings. The third-order valence-electron chi connectivity index (χ3n) is 3.60. The van der Waals surface area contributed by atoms with Crippen LogP contribution in [0.5, 0.6) is 0 Å². The van der Waals surface area contributed by atoms with Crippen LogP contribution in [0.1, 0.15) is 22.8 Å². The molecule has 0 saturated carbocycles. The van der Waals surface area contributed by atoms with Crippen molar-refractivity contribution in [3.8, 4) is 11.3 Å². The van der Waals surface area contributed by atoms with Crippen molar-refractivity contribution in [2.45, 2.75) is 13.1 Å². The van der Waals surface area contributed by atoms with Crippen molar-refractivity contribution < 1.29 is 18.0 Å². The number of nitrogens with one attached hydrogen (secondary N) is 2. The van der Waals surface area contributed by atoms with Crippen LogP contribution < -0.4 is 10.9 Å². The number of benzene rings is 1. The predicted octanol–water partition coefficient (Wildman–Crippen LogP) is 2.46. The quantitative estimate of drug-likeness (QED) is 0.762. The van der Waals surface area contributed by atoms with E-state index in [1.807, 2.05) is 0 Å². The summed E-state index contributed by atoms with van der Waals surface area (Å²) in [6.07, 6.45) is -3.18. The molecule has 1 aromatic carbocycles. The number of aromatic nitrogens is 3. The van der Waals surface area contributed by atoms with Gasteiger partial charge < -0.3 is 10.3 Å². The zero-order chi connectivity index (χ0) is 18.2. The van der Waals surface area contributed by atoms with E-state index in [0.29, 0.717) is 12.1 Å². The second kappa shape index (κ2) is 6.08. The van der Waals surface area contributed by atoms with E-state index < -0.39 is 23.2 Å². The summed E-state index contributed by atoms with van der Waals surface area (Å²) in [5.41, 5.74) is -0.264. The summed E-state index contributed by atoms with van der Waals surface area (Å²) in [5.74, 6) is -0.405. The minimum Gasteiger partial charge on any atom is -0.352 e. The number of hydrogen-bond acceptors (Lipinski definition) is 3. The maximum atomic E-state index is 12.7. The molecule has 0 saturated heterocycles. The molecule has 0 bridgehead atoms. The first-order valence-corrected chi connectivity index (χ1v) is 7.38. The Morgan fingerprint density at radius 1 is 1.28 bits per heavy atom. The van der Waals surface area contributed by atoms with E-state index >= 15 is 0 Å². The summed E-state index contributed by atoms with van der Waals surface area (Å²) in [6.45, 7) is 2.15. The number of nitrogens with zero attached hydrogens (tertiary/aromatic N) is 2. The van der Waals surface area contributed by atoms with Crippen molar-refractivity contribution in [3.63, 3.8) is 0 Å². The van der Waals surface area contributed by atoms with Gasteiger partial charge in [0.05, 0.1) is 17.5 Å². The lowest BCUT2D eigenvalue weighted by molar-refractivity contribution is -0.137. The van der Waals surface area contributed by atoms with Crippen LogP contribution in [0.3, 0.4) is 0 Å². The number of carbonyl (C=O) groups is 1. The Morgan fingerprint density at radius 2 is 1.96 bits per heavy atom. The molecule has 0 radical (unpaired) electrons. The lowest BCUT2D eigenvalue weighted by atomic mass is 10.1. The number of alkyl halides is 3. The van der Waals surface area contributed by atoms with Crippen LogP contribution in [-0.4, -0.2) is 27.0 Å². The molecule has 25 heavy (non-hydrogen) atoms. The number of carbonyl (C=O) groups excluding carboxylic acids is 1. The molecule has 2 N–H and O–H groups in total. The van der Waals surface area contributed by atoms with E-state index in [2.05, 4.69) is 15.4 Å². The van der Waals surface area contributed by atoms with E-state index in [1.54, 1.807) is 6.92 Å². The SMILES string of the molecule is CCNC(=O)c1cnn2c(=O)cc(-c3ccc(C(F)(F)F)cc3)[nH]c12. The third kappa shape index (κ3) is 3.12. The molecule has 9 heteroatoms. The van der Waals surface area contributed by atoms with Gasteiger partial charge in [0, 0.05) is 12.6 Å². The lowest BCUT2D eigenvalue weighted by Crippen LogP contribution is -2.23. The van der Waals surface area contributed by atoms with Crippen molar-refractivity contribution in [2.75, 3.05) is 6.54 Å². The predicted molar refractivity (Wildman–Crippen MR) is 84.3 cm³/mol. The summed E-state index contributed by atoms with van der Waals surface area (Å²) < 4.78 is 39.0. The van der Waals surface area contributed by atoms with Crippen molar-refractivity contribution in [3.05, 3.63) is 58.0 Å². The topological polar surface area (TPSA) is 79.3 Å². The molecule has 0 aliphatic carbocycles. The highest BCUT2D eigenvalue weighted by Crippen LogP contribution is 2.30. The second-order valence-corrected chi connectivity index (χ2v) is 5.27. The van der Waals surface area contributed by atoms with Gasteiger partial charge in [0.2, 0.25) is 0 Å². The van der Waals surface area contributed by atoms with Gasteiger partial charge in [0.25, 0.3) is 11.5 Å². The molecule has 0 aliphatic rings. The normalized spacial score (nSPS) is 11.7. The molecule has 130 valence electrons. The first-order chi connectivity index (χ1) is 11.8. The van der Waals surface area contributed by atoms with Crippen LogP contribution in [0, 0.1) is 0 Å². The molecular weight excluding hydrogens is 337 g/mol. The van der Waals surface area contributed by atoms with E-state index in [9.17, 15) is 22.8 Å². The zero-order valence-corrected chi connectivity index (χ0v) is 13.0. The number of hydrogen-bond donors (Lipinski definition) is 2. The van der Waals surface area contributed by atoms with Gasteiger partial charge in [-0.15, -0.1) is 0 Å². The highest BCUT2D eigenvalue weighted by molar-refractivity contribution is 5.99. The van der Waals surface area contributed by atoms with Crippen LogP contribution in [0.15, 0.2) is 41.3 Å². The summed E-state index contributed by atoms with van der Waals surface area (Å²) in [4.78, 5) is 27.1. The second-order valence-electron chi connectivity index (χ2n) is 5.27. The number of fused-ring (bicyclic) bond motifs is 1. The average molecular weight is 350 g/mol. The molecule has 6 nitrogen and oxygen atoms in total. The molecule has 0 atom stereocenters. The van der Waals surface area contributed by atoms with Gasteiger partial charge in [-0.3, -0.25) is 9.59 Å². The number of H-pyrrole nitrogens is 1. The Balaban J connectivity index is 2.10. The Morgan fingerprint density at radius 3 is 2.56 bits per heavy atom. The fourth-order valence-corrected chi connectivity index (χ4v) is 2.40. The Labute approximate surface area is 139 Å². The molecule has 3 rings (SSSR count). The number of amides is 1. The molecule has 0 fully saturated rings. The van der Waals surface area contributed by atoms with E-state index in [-0.39, 0.29) is 16.9 Å². The van der Waals surface area contributed by atoms with Gasteiger partial charge in [-0.2, -0.15) is 22.8 Å². The van der Waals surface area contributed by atoms with Crippen LogP contribution in [0.25, 0.3) is 16.9 Å². The smallest absolute Gasteiger partial charge is 0.352 e. The summed E-state index contributed by atoms with van der Waals surface area (Å²) in [5, 5.41) is 6.47. The molecule has 0 aliphatic heterocycles. The maximum absolute atomic E-state index is 12.7. The Hall–Kier alpha value is -3.10. The van der Waals surface area contributed by atoms with E-state index in [1.165, 1.54) is 24.4 Å². The number of halogens is 3. The van der Waals surface area contributed by atoms with Gasteiger partial charge in [-0.1, -0.05) is 12.1 Å². The van der Waals surface area contributed by atoms with Crippen molar-refractivity contribution >= 4 is 11.6 Å². The van der Waals surface area contributed by atoms with Gasteiger partial charge in [0.1, 0.15) is 5.56 Å². The highest BCUT2D eigenvalue weighted by Gasteiger charge is 2.30. The number of rotatable bonds is 3. The summed E-state index contributed by atoms with van der Waals surface area (Å²) in [6, 6.07) is 5.58. The summed E-state index contributed by atoms with van der Waals surface area (Å²) in [7, 11) is 0. The average Bonchev–Trinajstić information content (AvgIpc) is 2.99. The van der Waals surface area contributed by atoms with Crippen molar-refractivity contribution in [2.24, 2.45) is 0 Å². The standard InChI is InChI=1S/C16H13F3N4O2/c1-2-20-15(25)11-8-21-23-13(24)7-12(22-14(11)23)9-3-5-10(6-4-9)16(17,18)19/h3-8,22H,2H2,1H3,(H,20,25). The minimum atomic E-state index is -4.44. The van der Waals surface area contributed by atoms with E-state index in [0.717, 1.165) is 16.6 Å². The van der Waals surface area contributed by atoms with Crippen LogP contribution in [0.2, 0.25) is 0 Å². The molecule has 2 heterocycles. The van der Waals surface area contributed by atoms with Gasteiger partial charge in [0.15, 0.2) is 5.65 Å². The van der Waals surface area contributed by atoms with Crippen LogP contribution in [-0.2, 0) is 6.18 Å². The molecule has 2 aromatic heterocycles. The zero-order valence-electron chi connectivity index (χ0n) is 13.0. The van der Waals surface area contributed by atoms with Gasteiger partial charge in [-0.05, 0) is 24.6 Å². The fraction of sp³-hybridized carbons (Fsp3) is 0.188.